The maximum atomic E-state index is 13.2. The van der Waals surface area contributed by atoms with Gasteiger partial charge in [0.15, 0.2) is 5.11 Å². The highest BCUT2D eigenvalue weighted by atomic mass is 35.5. The standard InChI is InChI=1S/C22H19ClN2OS3/c23-17-7-5-16(6-8-17)15-20-21(26)25(12-10-19-4-2-14-29-19)22(27)24(20)11-9-18-3-1-13-28-18/h1-8,13-15H,9-12H2. The molecule has 1 aromatic carbocycles. The van der Waals surface area contributed by atoms with Gasteiger partial charge in [0.1, 0.15) is 5.70 Å². The molecule has 29 heavy (non-hydrogen) atoms. The SMILES string of the molecule is O=C1C(=Cc2ccc(Cl)cc2)N(CCc2cccs2)C(=S)N1CCc1cccs1. The molecular formula is C22H19ClN2OS3. The van der Waals surface area contributed by atoms with Crippen LogP contribution < -0.4 is 0 Å². The Kier molecular flexibility index (Phi) is 6.45. The summed E-state index contributed by atoms with van der Waals surface area (Å²) >= 11 is 15.1. The second kappa shape index (κ2) is 9.22. The molecule has 0 aliphatic carbocycles. The molecule has 1 fully saturated rings. The zero-order valence-electron chi connectivity index (χ0n) is 15.6. The van der Waals surface area contributed by atoms with Gasteiger partial charge in [-0.15, -0.1) is 22.7 Å². The molecule has 1 aliphatic rings. The van der Waals surface area contributed by atoms with Gasteiger partial charge in [0.05, 0.1) is 0 Å². The highest BCUT2D eigenvalue weighted by Crippen LogP contribution is 2.26. The van der Waals surface area contributed by atoms with Gasteiger partial charge in [-0.25, -0.2) is 0 Å². The van der Waals surface area contributed by atoms with E-state index in [1.54, 1.807) is 27.6 Å². The van der Waals surface area contributed by atoms with E-state index in [9.17, 15) is 4.79 Å². The van der Waals surface area contributed by atoms with E-state index in [1.165, 1.54) is 9.75 Å². The summed E-state index contributed by atoms with van der Waals surface area (Å²) < 4.78 is 0. The average Bonchev–Trinajstić information content (AvgIpc) is 3.45. The molecule has 0 N–H and O–H groups in total. The molecule has 0 radical (unpaired) electrons. The maximum Gasteiger partial charge on any atom is 0.276 e. The molecule has 4 rings (SSSR count). The second-order valence-electron chi connectivity index (χ2n) is 6.63. The van der Waals surface area contributed by atoms with E-state index >= 15 is 0 Å². The predicted molar refractivity (Wildman–Crippen MR) is 126 cm³/mol. The first kappa shape index (κ1) is 20.3. The minimum Gasteiger partial charge on any atom is -0.313 e. The van der Waals surface area contributed by atoms with Gasteiger partial charge in [0.25, 0.3) is 5.91 Å². The summed E-state index contributed by atoms with van der Waals surface area (Å²) in [6.07, 6.45) is 3.56. The number of carbonyl (C=O) groups is 1. The number of nitrogens with zero attached hydrogens (tertiary/aromatic N) is 2. The van der Waals surface area contributed by atoms with E-state index in [2.05, 4.69) is 22.9 Å². The molecular weight excluding hydrogens is 440 g/mol. The van der Waals surface area contributed by atoms with E-state index in [0.29, 0.717) is 28.9 Å². The average molecular weight is 459 g/mol. The van der Waals surface area contributed by atoms with Crippen molar-refractivity contribution in [1.29, 1.82) is 0 Å². The largest absolute Gasteiger partial charge is 0.313 e. The van der Waals surface area contributed by atoms with Gasteiger partial charge in [-0.3, -0.25) is 9.69 Å². The van der Waals surface area contributed by atoms with E-state index in [-0.39, 0.29) is 5.91 Å². The molecule has 0 bridgehead atoms. The van der Waals surface area contributed by atoms with E-state index in [4.69, 9.17) is 23.8 Å². The molecule has 3 nitrogen and oxygen atoms in total. The summed E-state index contributed by atoms with van der Waals surface area (Å²) in [7, 11) is 0. The van der Waals surface area contributed by atoms with Crippen LogP contribution in [0, 0.1) is 0 Å². The van der Waals surface area contributed by atoms with Crippen LogP contribution in [0.4, 0.5) is 0 Å². The second-order valence-corrected chi connectivity index (χ2v) is 9.50. The van der Waals surface area contributed by atoms with E-state index < -0.39 is 0 Å². The fraction of sp³-hybridized carbons (Fsp3) is 0.182. The number of carbonyl (C=O) groups excluding carboxylic acids is 1. The number of thiophene rings is 2. The number of benzene rings is 1. The van der Waals surface area contributed by atoms with Crippen LogP contribution in [-0.4, -0.2) is 33.9 Å². The van der Waals surface area contributed by atoms with Crippen molar-refractivity contribution in [3.05, 3.63) is 85.3 Å². The molecule has 0 atom stereocenters. The summed E-state index contributed by atoms with van der Waals surface area (Å²) in [6.45, 7) is 1.27. The lowest BCUT2D eigenvalue weighted by Crippen LogP contribution is -2.34. The van der Waals surface area contributed by atoms with Crippen LogP contribution >= 0.6 is 46.5 Å². The third-order valence-corrected chi connectivity index (χ3v) is 7.28. The number of hydrogen-bond donors (Lipinski definition) is 0. The first-order chi connectivity index (χ1) is 14.1. The van der Waals surface area contributed by atoms with Crippen LogP contribution in [0.3, 0.4) is 0 Å². The molecule has 2 aromatic heterocycles. The summed E-state index contributed by atoms with van der Waals surface area (Å²) in [5, 5.41) is 5.38. The first-order valence-electron chi connectivity index (χ1n) is 9.27. The van der Waals surface area contributed by atoms with Gasteiger partial charge in [0, 0.05) is 27.9 Å². The van der Waals surface area contributed by atoms with Gasteiger partial charge in [0.2, 0.25) is 0 Å². The normalized spacial score (nSPS) is 15.7. The molecule has 7 heteroatoms. The van der Waals surface area contributed by atoms with E-state index in [0.717, 1.165) is 18.4 Å². The first-order valence-corrected chi connectivity index (χ1v) is 11.8. The van der Waals surface area contributed by atoms with Gasteiger partial charge < -0.3 is 4.90 Å². The molecule has 3 heterocycles. The van der Waals surface area contributed by atoms with Crippen molar-refractivity contribution in [2.24, 2.45) is 0 Å². The lowest BCUT2D eigenvalue weighted by Gasteiger charge is -2.20. The van der Waals surface area contributed by atoms with Crippen LogP contribution in [-0.2, 0) is 17.6 Å². The zero-order chi connectivity index (χ0) is 20.2. The van der Waals surface area contributed by atoms with Crippen molar-refractivity contribution >= 4 is 63.6 Å². The third-order valence-electron chi connectivity index (χ3n) is 4.71. The Morgan fingerprint density at radius 3 is 2.03 bits per heavy atom. The Morgan fingerprint density at radius 2 is 1.48 bits per heavy atom. The van der Waals surface area contributed by atoms with Crippen molar-refractivity contribution in [1.82, 2.24) is 9.80 Å². The molecule has 1 aliphatic heterocycles. The Hall–Kier alpha value is -1.99. The minimum atomic E-state index is -0.0346. The molecule has 148 valence electrons. The lowest BCUT2D eigenvalue weighted by molar-refractivity contribution is -0.122. The Morgan fingerprint density at radius 1 is 0.897 bits per heavy atom. The maximum absolute atomic E-state index is 13.2. The van der Waals surface area contributed by atoms with Crippen LogP contribution in [0.1, 0.15) is 15.3 Å². The number of halogens is 1. The molecule has 0 spiro atoms. The number of hydrogen-bond acceptors (Lipinski definition) is 4. The lowest BCUT2D eigenvalue weighted by atomic mass is 10.2. The summed E-state index contributed by atoms with van der Waals surface area (Å²) in [5.74, 6) is -0.0346. The topological polar surface area (TPSA) is 23.6 Å². The third kappa shape index (κ3) is 4.78. The number of rotatable bonds is 7. The smallest absolute Gasteiger partial charge is 0.276 e. The summed E-state index contributed by atoms with van der Waals surface area (Å²) in [4.78, 5) is 19.5. The van der Waals surface area contributed by atoms with Gasteiger partial charge in [-0.1, -0.05) is 35.9 Å². The zero-order valence-corrected chi connectivity index (χ0v) is 18.8. The number of amides is 1. The quantitative estimate of drug-likeness (QED) is 0.334. The fourth-order valence-electron chi connectivity index (χ4n) is 3.21. The van der Waals surface area contributed by atoms with Crippen LogP contribution in [0.15, 0.2) is 65.0 Å². The summed E-state index contributed by atoms with van der Waals surface area (Å²) in [5.41, 5.74) is 1.56. The van der Waals surface area contributed by atoms with Crippen LogP contribution in [0.25, 0.3) is 6.08 Å². The monoisotopic (exact) mass is 458 g/mol. The molecule has 1 saturated heterocycles. The van der Waals surface area contributed by atoms with Crippen LogP contribution in [0.5, 0.6) is 0 Å². The van der Waals surface area contributed by atoms with Crippen molar-refractivity contribution < 1.29 is 4.79 Å². The Bertz CT molecular complexity index is 1010. The number of thiocarbonyl (C=S) groups is 1. The predicted octanol–water partition coefficient (Wildman–Crippen LogP) is 5.72. The molecule has 1 amide bonds. The molecule has 3 aromatic rings. The van der Waals surface area contributed by atoms with Crippen molar-refractivity contribution in [3.63, 3.8) is 0 Å². The van der Waals surface area contributed by atoms with Crippen LogP contribution in [0.2, 0.25) is 5.02 Å². The molecule has 0 saturated carbocycles. The van der Waals surface area contributed by atoms with Gasteiger partial charge >= 0.3 is 0 Å². The minimum absolute atomic E-state index is 0.0346. The van der Waals surface area contributed by atoms with Crippen molar-refractivity contribution in [2.45, 2.75) is 12.8 Å². The van der Waals surface area contributed by atoms with Crippen molar-refractivity contribution in [2.75, 3.05) is 13.1 Å². The van der Waals surface area contributed by atoms with Crippen molar-refractivity contribution in [3.8, 4) is 0 Å². The Balaban J connectivity index is 1.58. The van der Waals surface area contributed by atoms with Gasteiger partial charge in [-0.2, -0.15) is 0 Å². The highest BCUT2D eigenvalue weighted by molar-refractivity contribution is 7.80. The Labute approximate surface area is 188 Å². The van der Waals surface area contributed by atoms with E-state index in [1.807, 2.05) is 47.4 Å². The summed E-state index contributed by atoms with van der Waals surface area (Å²) in [6, 6.07) is 15.8. The van der Waals surface area contributed by atoms with Gasteiger partial charge in [-0.05, 0) is 71.7 Å². The fourth-order valence-corrected chi connectivity index (χ4v) is 5.10. The molecule has 0 unspecified atom stereocenters. The highest BCUT2D eigenvalue weighted by Gasteiger charge is 2.37.